The average Bonchev–Trinajstić information content (AvgIpc) is 3.05. The zero-order chi connectivity index (χ0) is 26.1. The first-order valence-electron chi connectivity index (χ1n) is 13.2. The number of alkyl halides is 3. The SMILES string of the molecule is CN1CCCC(Nc2nc3c(c(N4CCCC(CO)CC4)n2)CCCCCC3)C1.O=C(O)C(F)(F)F. The Kier molecular flexibility index (Phi) is 10.6. The molecule has 0 spiro atoms. The zero-order valence-electron chi connectivity index (χ0n) is 21.2. The third-order valence-corrected chi connectivity index (χ3v) is 7.27. The van der Waals surface area contributed by atoms with Gasteiger partial charge in [-0.2, -0.15) is 18.2 Å². The Bertz CT molecular complexity index is 855. The van der Waals surface area contributed by atoms with Crippen molar-refractivity contribution < 1.29 is 28.2 Å². The van der Waals surface area contributed by atoms with Crippen LogP contribution in [0.3, 0.4) is 0 Å². The van der Waals surface area contributed by atoms with E-state index in [1.807, 2.05) is 0 Å². The van der Waals surface area contributed by atoms with Crippen LogP contribution >= 0.6 is 0 Å². The number of aliphatic hydroxyl groups excluding tert-OH is 1. The van der Waals surface area contributed by atoms with Gasteiger partial charge in [0.25, 0.3) is 0 Å². The van der Waals surface area contributed by atoms with Crippen LogP contribution in [0.5, 0.6) is 0 Å². The van der Waals surface area contributed by atoms with Crippen LogP contribution in [0.1, 0.15) is 69.0 Å². The predicted molar refractivity (Wildman–Crippen MR) is 132 cm³/mol. The van der Waals surface area contributed by atoms with Crippen molar-refractivity contribution in [3.63, 3.8) is 0 Å². The molecule has 1 aromatic rings. The van der Waals surface area contributed by atoms with Crippen LogP contribution < -0.4 is 10.2 Å². The minimum Gasteiger partial charge on any atom is -0.475 e. The van der Waals surface area contributed by atoms with Gasteiger partial charge in [-0.05, 0) is 77.3 Å². The fourth-order valence-electron chi connectivity index (χ4n) is 5.28. The number of likely N-dealkylation sites (tertiary alicyclic amines) is 1. The van der Waals surface area contributed by atoms with Crippen LogP contribution in [0.2, 0.25) is 0 Å². The van der Waals surface area contributed by atoms with Gasteiger partial charge in [0.15, 0.2) is 0 Å². The number of likely N-dealkylation sites (N-methyl/N-ethyl adjacent to an activating group) is 1. The predicted octanol–water partition coefficient (Wildman–Crippen LogP) is 3.87. The molecular formula is C25H40F3N5O3. The summed E-state index contributed by atoms with van der Waals surface area (Å²) in [6, 6.07) is 0.441. The second kappa shape index (κ2) is 13.4. The Balaban J connectivity index is 0.000000454. The van der Waals surface area contributed by atoms with Crippen LogP contribution in [-0.2, 0) is 17.6 Å². The van der Waals surface area contributed by atoms with E-state index in [2.05, 4.69) is 22.2 Å². The van der Waals surface area contributed by atoms with Gasteiger partial charge in [0.1, 0.15) is 5.82 Å². The molecule has 0 aromatic carbocycles. The number of carbonyl (C=O) groups is 1. The van der Waals surface area contributed by atoms with Crippen molar-refractivity contribution >= 4 is 17.7 Å². The smallest absolute Gasteiger partial charge is 0.475 e. The van der Waals surface area contributed by atoms with E-state index < -0.39 is 12.1 Å². The van der Waals surface area contributed by atoms with Crippen molar-refractivity contribution in [1.82, 2.24) is 14.9 Å². The minimum absolute atomic E-state index is 0.317. The van der Waals surface area contributed by atoms with Gasteiger partial charge < -0.3 is 25.3 Å². The molecule has 8 nitrogen and oxygen atoms in total. The first kappa shape index (κ1) is 28.4. The molecule has 2 fully saturated rings. The van der Waals surface area contributed by atoms with Crippen LogP contribution in [0.25, 0.3) is 0 Å². The molecule has 0 saturated carbocycles. The summed E-state index contributed by atoms with van der Waals surface area (Å²) in [5, 5.41) is 20.4. The van der Waals surface area contributed by atoms with E-state index in [1.54, 1.807) is 0 Å². The molecule has 204 valence electrons. The molecule has 0 amide bonds. The summed E-state index contributed by atoms with van der Waals surface area (Å²) in [6.07, 6.45) is 7.98. The normalized spacial score (nSPS) is 23.9. The third kappa shape index (κ3) is 8.47. The lowest BCUT2D eigenvalue weighted by molar-refractivity contribution is -0.192. The van der Waals surface area contributed by atoms with Crippen molar-refractivity contribution in [2.24, 2.45) is 5.92 Å². The summed E-state index contributed by atoms with van der Waals surface area (Å²) in [7, 11) is 2.20. The molecule has 1 aromatic heterocycles. The maximum atomic E-state index is 10.6. The number of nitrogens with one attached hydrogen (secondary N) is 1. The number of hydrogen-bond donors (Lipinski definition) is 3. The van der Waals surface area contributed by atoms with E-state index in [-0.39, 0.29) is 0 Å². The zero-order valence-corrected chi connectivity index (χ0v) is 21.2. The second-order valence-electron chi connectivity index (χ2n) is 10.2. The first-order chi connectivity index (χ1) is 17.2. The Morgan fingerprint density at radius 3 is 2.36 bits per heavy atom. The third-order valence-electron chi connectivity index (χ3n) is 7.27. The van der Waals surface area contributed by atoms with Gasteiger partial charge in [0.2, 0.25) is 5.95 Å². The van der Waals surface area contributed by atoms with Crippen molar-refractivity contribution in [2.45, 2.75) is 82.8 Å². The van der Waals surface area contributed by atoms with E-state index in [0.717, 1.165) is 57.7 Å². The monoisotopic (exact) mass is 515 g/mol. The summed E-state index contributed by atoms with van der Waals surface area (Å²) in [5.41, 5.74) is 2.68. The number of halogens is 3. The molecule has 0 radical (unpaired) electrons. The number of aliphatic hydroxyl groups is 1. The lowest BCUT2D eigenvalue weighted by Gasteiger charge is -2.31. The number of carboxylic acid groups (broad SMARTS) is 1. The topological polar surface area (TPSA) is 102 Å². The fourth-order valence-corrected chi connectivity index (χ4v) is 5.28. The van der Waals surface area contributed by atoms with Gasteiger partial charge in [-0.15, -0.1) is 0 Å². The first-order valence-corrected chi connectivity index (χ1v) is 13.2. The molecule has 3 N–H and O–H groups in total. The molecular weight excluding hydrogens is 475 g/mol. The highest BCUT2D eigenvalue weighted by atomic mass is 19.4. The van der Waals surface area contributed by atoms with Gasteiger partial charge in [-0.1, -0.05) is 12.8 Å². The number of hydrogen-bond acceptors (Lipinski definition) is 7. The van der Waals surface area contributed by atoms with E-state index >= 15 is 0 Å². The summed E-state index contributed by atoms with van der Waals surface area (Å²) >= 11 is 0. The van der Waals surface area contributed by atoms with Crippen molar-refractivity contribution in [3.8, 4) is 0 Å². The molecule has 3 aliphatic rings. The number of rotatable bonds is 4. The molecule has 11 heteroatoms. The second-order valence-corrected chi connectivity index (χ2v) is 10.2. The highest BCUT2D eigenvalue weighted by Crippen LogP contribution is 2.31. The number of piperidine rings is 1. The number of aryl methyl sites for hydroxylation is 1. The number of aliphatic carboxylic acids is 1. The van der Waals surface area contributed by atoms with E-state index in [9.17, 15) is 18.3 Å². The molecule has 2 unspecified atom stereocenters. The van der Waals surface area contributed by atoms with E-state index in [0.29, 0.717) is 18.6 Å². The van der Waals surface area contributed by atoms with E-state index in [4.69, 9.17) is 19.9 Å². The number of carboxylic acids is 1. The molecule has 2 aliphatic heterocycles. The molecule has 2 saturated heterocycles. The summed E-state index contributed by atoms with van der Waals surface area (Å²) in [5.74, 6) is -0.295. The van der Waals surface area contributed by atoms with Gasteiger partial charge in [-0.25, -0.2) is 9.78 Å². The Morgan fingerprint density at radius 1 is 1.00 bits per heavy atom. The fraction of sp³-hybridized carbons (Fsp3) is 0.800. The quantitative estimate of drug-likeness (QED) is 0.556. The largest absolute Gasteiger partial charge is 0.490 e. The Labute approximate surface area is 211 Å². The van der Waals surface area contributed by atoms with Crippen LogP contribution in [0.15, 0.2) is 0 Å². The summed E-state index contributed by atoms with van der Waals surface area (Å²) in [4.78, 5) is 23.9. The van der Waals surface area contributed by atoms with Crippen LogP contribution in [0, 0.1) is 5.92 Å². The van der Waals surface area contributed by atoms with Crippen LogP contribution in [-0.4, -0.2) is 83.1 Å². The minimum atomic E-state index is -5.08. The van der Waals surface area contributed by atoms with E-state index in [1.165, 1.54) is 62.1 Å². The Hall–Kier alpha value is -2.14. The maximum Gasteiger partial charge on any atom is 0.490 e. The van der Waals surface area contributed by atoms with Gasteiger partial charge in [0.05, 0.1) is 5.69 Å². The summed E-state index contributed by atoms with van der Waals surface area (Å²) in [6.45, 7) is 4.62. The molecule has 2 atom stereocenters. The number of fused-ring (bicyclic) bond motifs is 1. The summed E-state index contributed by atoms with van der Waals surface area (Å²) < 4.78 is 31.7. The highest BCUT2D eigenvalue weighted by molar-refractivity contribution is 5.73. The molecule has 1 aliphatic carbocycles. The average molecular weight is 516 g/mol. The van der Waals surface area contributed by atoms with Gasteiger partial charge in [0, 0.05) is 37.8 Å². The standard InChI is InChI=1S/C23H39N5O.C2HF3O2/c1-27-13-7-9-19(16-27)24-23-25-21-11-5-3-2-4-10-20(21)22(26-23)28-14-6-8-18(17-29)12-15-28;3-2(4,5)1(6)7/h18-19,29H,2-17H2,1H3,(H,24,25,26);(H,6,7). The lowest BCUT2D eigenvalue weighted by Crippen LogP contribution is -2.40. The molecule has 0 bridgehead atoms. The van der Waals surface area contributed by atoms with Crippen molar-refractivity contribution in [1.29, 1.82) is 0 Å². The number of nitrogens with zero attached hydrogens (tertiary/aromatic N) is 4. The Morgan fingerprint density at radius 2 is 1.69 bits per heavy atom. The van der Waals surface area contributed by atoms with Gasteiger partial charge >= 0.3 is 12.1 Å². The number of aromatic nitrogens is 2. The maximum absolute atomic E-state index is 10.6. The van der Waals surface area contributed by atoms with Crippen molar-refractivity contribution in [3.05, 3.63) is 11.3 Å². The molecule has 36 heavy (non-hydrogen) atoms. The van der Waals surface area contributed by atoms with Gasteiger partial charge in [-0.3, -0.25) is 0 Å². The van der Waals surface area contributed by atoms with Crippen LogP contribution in [0.4, 0.5) is 24.9 Å². The number of anilines is 2. The highest BCUT2D eigenvalue weighted by Gasteiger charge is 2.38. The molecule has 4 rings (SSSR count). The van der Waals surface area contributed by atoms with Crippen molar-refractivity contribution in [2.75, 3.05) is 50.1 Å². The lowest BCUT2D eigenvalue weighted by atomic mass is 9.97. The molecule has 3 heterocycles.